The number of rotatable bonds is 1. The Morgan fingerprint density at radius 1 is 1.12 bits per heavy atom. The van der Waals surface area contributed by atoms with Crippen LogP contribution < -0.4 is 5.56 Å². The molecule has 2 heterocycles. The summed E-state index contributed by atoms with van der Waals surface area (Å²) in [5, 5.41) is 6.19. The van der Waals surface area contributed by atoms with Gasteiger partial charge < -0.3 is 4.42 Å². The maximum Gasteiger partial charge on any atom is 0.264 e. The van der Waals surface area contributed by atoms with Crippen LogP contribution in [-0.2, 0) is 0 Å². The number of H-pyrrole nitrogens is 1. The van der Waals surface area contributed by atoms with E-state index < -0.39 is 0 Å². The smallest absolute Gasteiger partial charge is 0.264 e. The Balaban J connectivity index is 2.19. The van der Waals surface area contributed by atoms with E-state index >= 15 is 0 Å². The van der Waals surface area contributed by atoms with Gasteiger partial charge in [0.1, 0.15) is 11.2 Å². The predicted molar refractivity (Wildman–Crippen MR) is 57.9 cm³/mol. The third-order valence-corrected chi connectivity index (χ3v) is 2.19. The minimum Gasteiger partial charge on any atom is -0.435 e. The van der Waals surface area contributed by atoms with Crippen LogP contribution in [-0.4, -0.2) is 15.2 Å². The van der Waals surface area contributed by atoms with Gasteiger partial charge in [0, 0.05) is 6.07 Å². The summed E-state index contributed by atoms with van der Waals surface area (Å²) in [6.07, 6.45) is 0. The SMILES string of the molecule is O=c1ccc(-c2nc3ccccc3o2)n[nH]1. The van der Waals surface area contributed by atoms with Gasteiger partial charge in [-0.05, 0) is 18.2 Å². The van der Waals surface area contributed by atoms with E-state index in [1.54, 1.807) is 6.07 Å². The van der Waals surface area contributed by atoms with Gasteiger partial charge in [-0.25, -0.2) is 10.1 Å². The summed E-state index contributed by atoms with van der Waals surface area (Å²) in [4.78, 5) is 15.1. The zero-order valence-corrected chi connectivity index (χ0v) is 8.18. The van der Waals surface area contributed by atoms with Gasteiger partial charge in [0.2, 0.25) is 5.89 Å². The maximum atomic E-state index is 10.9. The molecule has 0 amide bonds. The van der Waals surface area contributed by atoms with Crippen molar-refractivity contribution >= 4 is 11.1 Å². The van der Waals surface area contributed by atoms with Crippen molar-refractivity contribution in [2.24, 2.45) is 0 Å². The molecule has 0 bridgehead atoms. The third-order valence-electron chi connectivity index (χ3n) is 2.19. The first-order chi connectivity index (χ1) is 7.83. The van der Waals surface area contributed by atoms with E-state index in [9.17, 15) is 4.79 Å². The second kappa shape index (κ2) is 3.30. The van der Waals surface area contributed by atoms with Crippen molar-refractivity contribution in [3.05, 3.63) is 46.8 Å². The van der Waals surface area contributed by atoms with Crippen molar-refractivity contribution in [3.63, 3.8) is 0 Å². The highest BCUT2D eigenvalue weighted by molar-refractivity contribution is 5.75. The molecule has 0 spiro atoms. The molecule has 5 nitrogen and oxygen atoms in total. The summed E-state index contributed by atoms with van der Waals surface area (Å²) in [5.74, 6) is 0.400. The lowest BCUT2D eigenvalue weighted by atomic mass is 10.3. The molecule has 0 aliphatic rings. The average Bonchev–Trinajstić information content (AvgIpc) is 2.73. The van der Waals surface area contributed by atoms with Gasteiger partial charge in [-0.2, -0.15) is 5.10 Å². The third kappa shape index (κ3) is 1.38. The average molecular weight is 213 g/mol. The number of benzene rings is 1. The number of aromatic nitrogens is 3. The monoisotopic (exact) mass is 213 g/mol. The van der Waals surface area contributed by atoms with Crippen molar-refractivity contribution in [1.29, 1.82) is 0 Å². The molecule has 78 valence electrons. The molecular weight excluding hydrogens is 206 g/mol. The molecule has 3 rings (SSSR count). The van der Waals surface area contributed by atoms with E-state index in [2.05, 4.69) is 15.2 Å². The van der Waals surface area contributed by atoms with Crippen molar-refractivity contribution in [1.82, 2.24) is 15.2 Å². The summed E-state index contributed by atoms with van der Waals surface area (Å²) >= 11 is 0. The first kappa shape index (κ1) is 8.84. The molecule has 0 radical (unpaired) electrons. The van der Waals surface area contributed by atoms with E-state index in [1.165, 1.54) is 6.07 Å². The normalized spacial score (nSPS) is 10.8. The summed E-state index contributed by atoms with van der Waals surface area (Å²) in [5.41, 5.74) is 1.73. The van der Waals surface area contributed by atoms with Gasteiger partial charge in [-0.1, -0.05) is 12.1 Å². The van der Waals surface area contributed by atoms with Crippen molar-refractivity contribution in [2.75, 3.05) is 0 Å². The molecule has 5 heteroatoms. The second-order valence-corrected chi connectivity index (χ2v) is 3.29. The number of aromatic amines is 1. The summed E-state index contributed by atoms with van der Waals surface area (Å²) < 4.78 is 5.50. The highest BCUT2D eigenvalue weighted by atomic mass is 16.3. The number of oxazole rings is 1. The molecule has 0 saturated carbocycles. The number of nitrogens with one attached hydrogen (secondary N) is 1. The van der Waals surface area contributed by atoms with E-state index in [0.717, 1.165) is 5.52 Å². The Labute approximate surface area is 89.8 Å². The van der Waals surface area contributed by atoms with Gasteiger partial charge in [0.05, 0.1) is 0 Å². The first-order valence-electron chi connectivity index (χ1n) is 4.74. The number of para-hydroxylation sites is 2. The van der Waals surface area contributed by atoms with Crippen molar-refractivity contribution in [3.8, 4) is 11.6 Å². The van der Waals surface area contributed by atoms with Crippen molar-refractivity contribution in [2.45, 2.75) is 0 Å². The lowest BCUT2D eigenvalue weighted by molar-refractivity contribution is 0.614. The highest BCUT2D eigenvalue weighted by Gasteiger charge is 2.08. The van der Waals surface area contributed by atoms with E-state index in [0.29, 0.717) is 17.2 Å². The fourth-order valence-corrected chi connectivity index (χ4v) is 1.45. The van der Waals surface area contributed by atoms with Crippen LogP contribution in [0.3, 0.4) is 0 Å². The fraction of sp³-hybridized carbons (Fsp3) is 0. The molecule has 3 aromatic rings. The van der Waals surface area contributed by atoms with Gasteiger partial charge in [-0.15, -0.1) is 0 Å². The molecule has 1 N–H and O–H groups in total. The van der Waals surface area contributed by atoms with Gasteiger partial charge >= 0.3 is 0 Å². The maximum absolute atomic E-state index is 10.9. The van der Waals surface area contributed by atoms with E-state index in [-0.39, 0.29) is 5.56 Å². The lowest BCUT2D eigenvalue weighted by Crippen LogP contribution is -2.05. The minimum atomic E-state index is -0.250. The molecule has 0 atom stereocenters. The van der Waals surface area contributed by atoms with Crippen LogP contribution in [0.5, 0.6) is 0 Å². The molecule has 1 aromatic carbocycles. The van der Waals surface area contributed by atoms with Gasteiger partial charge in [0.25, 0.3) is 5.56 Å². The van der Waals surface area contributed by atoms with Crippen LogP contribution in [0.1, 0.15) is 0 Å². The van der Waals surface area contributed by atoms with Crippen LogP contribution in [0.2, 0.25) is 0 Å². The second-order valence-electron chi connectivity index (χ2n) is 3.29. The molecule has 2 aromatic heterocycles. The standard InChI is InChI=1S/C11H7N3O2/c15-10-6-5-8(13-14-10)11-12-7-3-1-2-4-9(7)16-11/h1-6H,(H,14,15). The molecule has 0 fully saturated rings. The zero-order chi connectivity index (χ0) is 11.0. The Morgan fingerprint density at radius 2 is 2.00 bits per heavy atom. The summed E-state index contributed by atoms with van der Waals surface area (Å²) in [7, 11) is 0. The number of hydrogen-bond acceptors (Lipinski definition) is 4. The van der Waals surface area contributed by atoms with Crippen LogP contribution in [0.15, 0.2) is 45.6 Å². The number of nitrogens with zero attached hydrogens (tertiary/aromatic N) is 2. The van der Waals surface area contributed by atoms with Crippen LogP contribution in [0.4, 0.5) is 0 Å². The largest absolute Gasteiger partial charge is 0.435 e. The highest BCUT2D eigenvalue weighted by Crippen LogP contribution is 2.21. The lowest BCUT2D eigenvalue weighted by Gasteiger charge is -1.90. The molecule has 16 heavy (non-hydrogen) atoms. The van der Waals surface area contributed by atoms with Crippen molar-refractivity contribution < 1.29 is 4.42 Å². The molecule has 0 aliphatic heterocycles. The van der Waals surface area contributed by atoms with Crippen LogP contribution in [0.25, 0.3) is 22.7 Å². The number of fused-ring (bicyclic) bond motifs is 1. The van der Waals surface area contributed by atoms with Gasteiger partial charge in [-0.3, -0.25) is 4.79 Å². The Morgan fingerprint density at radius 3 is 2.75 bits per heavy atom. The fourth-order valence-electron chi connectivity index (χ4n) is 1.45. The number of hydrogen-bond donors (Lipinski definition) is 1. The molecule has 0 unspecified atom stereocenters. The Kier molecular flexibility index (Phi) is 1.83. The van der Waals surface area contributed by atoms with E-state index in [1.807, 2.05) is 24.3 Å². The Bertz CT molecular complexity index is 646. The zero-order valence-electron chi connectivity index (χ0n) is 8.18. The van der Waals surface area contributed by atoms with Crippen LogP contribution >= 0.6 is 0 Å². The molecular formula is C11H7N3O2. The summed E-state index contributed by atoms with van der Waals surface area (Å²) in [6, 6.07) is 10.4. The van der Waals surface area contributed by atoms with Gasteiger partial charge in [0.15, 0.2) is 5.58 Å². The molecule has 0 aliphatic carbocycles. The quantitative estimate of drug-likeness (QED) is 0.666. The predicted octanol–water partition coefficient (Wildman–Crippen LogP) is 1.58. The topological polar surface area (TPSA) is 71.8 Å². The Hall–Kier alpha value is -2.43. The first-order valence-corrected chi connectivity index (χ1v) is 4.74. The summed E-state index contributed by atoms with van der Waals surface area (Å²) in [6.45, 7) is 0. The minimum absolute atomic E-state index is 0.250. The van der Waals surface area contributed by atoms with E-state index in [4.69, 9.17) is 4.42 Å². The molecule has 0 saturated heterocycles. The van der Waals surface area contributed by atoms with Crippen LogP contribution in [0, 0.1) is 0 Å².